The molecule has 94 valence electrons. The van der Waals surface area contributed by atoms with Crippen LogP contribution in [0.15, 0.2) is 12.2 Å². The number of carbonyl (C=O) groups excluding carboxylic acids is 1. The van der Waals surface area contributed by atoms with Crippen LogP contribution in [0.1, 0.15) is 66.7 Å². The maximum Gasteiger partial charge on any atom is 0.152 e. The topological polar surface area (TPSA) is 17.1 Å². The predicted octanol–water partition coefficient (Wildman–Crippen LogP) is 4.76. The maximum absolute atomic E-state index is 11.0. The van der Waals surface area contributed by atoms with Gasteiger partial charge in [-0.15, -0.1) is 0 Å². The summed E-state index contributed by atoms with van der Waals surface area (Å²) in [6.45, 7) is 10.7. The summed E-state index contributed by atoms with van der Waals surface area (Å²) < 4.78 is 0. The molecule has 0 rings (SSSR count). The molecule has 0 aliphatic heterocycles. The van der Waals surface area contributed by atoms with Crippen LogP contribution < -0.4 is 0 Å². The second-order valence-electron chi connectivity index (χ2n) is 5.43. The van der Waals surface area contributed by atoms with Crippen LogP contribution in [-0.2, 0) is 4.79 Å². The lowest BCUT2D eigenvalue weighted by atomic mass is 9.73. The lowest BCUT2D eigenvalue weighted by molar-refractivity contribution is -0.112. The summed E-state index contributed by atoms with van der Waals surface area (Å²) in [6, 6.07) is 0. The van der Waals surface area contributed by atoms with E-state index in [0.717, 1.165) is 6.42 Å². The lowest BCUT2D eigenvalue weighted by Crippen LogP contribution is -2.22. The van der Waals surface area contributed by atoms with E-state index < -0.39 is 0 Å². The van der Waals surface area contributed by atoms with Crippen LogP contribution in [0.2, 0.25) is 0 Å². The number of ketones is 1. The SMILES string of the molecule is CCCCCC(C)(C)C(/C=C/C(C)=O)CC. The first kappa shape index (κ1) is 15.4. The van der Waals surface area contributed by atoms with Crippen molar-refractivity contribution in [1.82, 2.24) is 0 Å². The predicted molar refractivity (Wildman–Crippen MR) is 71.5 cm³/mol. The van der Waals surface area contributed by atoms with Crippen LogP contribution in [0.5, 0.6) is 0 Å². The molecule has 0 saturated heterocycles. The van der Waals surface area contributed by atoms with E-state index in [1.54, 1.807) is 13.0 Å². The molecule has 0 bridgehead atoms. The molecule has 1 heteroatoms. The fourth-order valence-electron chi connectivity index (χ4n) is 2.22. The summed E-state index contributed by atoms with van der Waals surface area (Å²) >= 11 is 0. The average Bonchev–Trinajstić information content (AvgIpc) is 2.18. The fourth-order valence-corrected chi connectivity index (χ4v) is 2.22. The zero-order valence-electron chi connectivity index (χ0n) is 11.7. The summed E-state index contributed by atoms with van der Waals surface area (Å²) in [4.78, 5) is 11.0. The molecule has 0 fully saturated rings. The van der Waals surface area contributed by atoms with Gasteiger partial charge in [-0.2, -0.15) is 0 Å². The summed E-state index contributed by atoms with van der Waals surface area (Å²) in [5.74, 6) is 0.677. The maximum atomic E-state index is 11.0. The molecule has 0 radical (unpaired) electrons. The fraction of sp³-hybridized carbons (Fsp3) is 0.800. The van der Waals surface area contributed by atoms with E-state index in [1.807, 2.05) is 0 Å². The highest BCUT2D eigenvalue weighted by Gasteiger charge is 2.25. The minimum absolute atomic E-state index is 0.155. The number of hydrogen-bond acceptors (Lipinski definition) is 1. The third kappa shape index (κ3) is 6.09. The summed E-state index contributed by atoms with van der Waals surface area (Å²) in [5.41, 5.74) is 0.315. The molecular weight excluding hydrogens is 196 g/mol. The van der Waals surface area contributed by atoms with Gasteiger partial charge in [0.15, 0.2) is 5.78 Å². The van der Waals surface area contributed by atoms with E-state index in [9.17, 15) is 4.79 Å². The minimum atomic E-state index is 0.155. The van der Waals surface area contributed by atoms with Crippen LogP contribution >= 0.6 is 0 Å². The molecular formula is C15H28O. The third-order valence-electron chi connectivity index (χ3n) is 3.43. The van der Waals surface area contributed by atoms with Gasteiger partial charge < -0.3 is 0 Å². The van der Waals surface area contributed by atoms with Gasteiger partial charge in [-0.05, 0) is 37.2 Å². The molecule has 0 spiro atoms. The van der Waals surface area contributed by atoms with Crippen molar-refractivity contribution in [3.63, 3.8) is 0 Å². The van der Waals surface area contributed by atoms with Gasteiger partial charge in [0.2, 0.25) is 0 Å². The quantitative estimate of drug-likeness (QED) is 0.429. The first-order chi connectivity index (χ1) is 7.44. The average molecular weight is 224 g/mol. The Labute approximate surface area is 101 Å². The van der Waals surface area contributed by atoms with Gasteiger partial charge in [-0.1, -0.05) is 53.0 Å². The summed E-state index contributed by atoms with van der Waals surface area (Å²) in [6.07, 6.45) is 10.1. The van der Waals surface area contributed by atoms with Crippen molar-refractivity contribution in [2.24, 2.45) is 11.3 Å². The Hall–Kier alpha value is -0.590. The van der Waals surface area contributed by atoms with Crippen LogP contribution in [0.4, 0.5) is 0 Å². The largest absolute Gasteiger partial charge is 0.295 e. The molecule has 1 atom stereocenters. The first-order valence-corrected chi connectivity index (χ1v) is 6.62. The van der Waals surface area contributed by atoms with E-state index in [2.05, 4.69) is 33.8 Å². The molecule has 0 aliphatic rings. The Bertz CT molecular complexity index is 226. The van der Waals surface area contributed by atoms with E-state index in [4.69, 9.17) is 0 Å². The molecule has 0 amide bonds. The van der Waals surface area contributed by atoms with Gasteiger partial charge in [0, 0.05) is 0 Å². The highest BCUT2D eigenvalue weighted by atomic mass is 16.1. The van der Waals surface area contributed by atoms with Gasteiger partial charge in [0.05, 0.1) is 0 Å². The summed E-state index contributed by atoms with van der Waals surface area (Å²) in [5, 5.41) is 0. The molecule has 1 nitrogen and oxygen atoms in total. The van der Waals surface area contributed by atoms with E-state index in [-0.39, 0.29) is 5.78 Å². The monoisotopic (exact) mass is 224 g/mol. The standard InChI is InChI=1S/C15H28O/c1-6-8-9-12-15(4,5)14(7-2)11-10-13(3)16/h10-11,14H,6-9,12H2,1-5H3/b11-10+. The molecule has 0 aromatic heterocycles. The molecule has 0 heterocycles. The van der Waals surface area contributed by atoms with Crippen LogP contribution in [0, 0.1) is 11.3 Å². The Morgan fingerprint density at radius 1 is 1.25 bits per heavy atom. The minimum Gasteiger partial charge on any atom is -0.295 e. The molecule has 16 heavy (non-hydrogen) atoms. The molecule has 0 aliphatic carbocycles. The zero-order valence-corrected chi connectivity index (χ0v) is 11.7. The third-order valence-corrected chi connectivity index (χ3v) is 3.43. The molecule has 0 aromatic carbocycles. The Morgan fingerprint density at radius 2 is 1.88 bits per heavy atom. The van der Waals surface area contributed by atoms with Gasteiger partial charge in [0.1, 0.15) is 0 Å². The van der Waals surface area contributed by atoms with Crippen molar-refractivity contribution >= 4 is 5.78 Å². The van der Waals surface area contributed by atoms with Gasteiger partial charge in [-0.25, -0.2) is 0 Å². The zero-order chi connectivity index (χ0) is 12.6. The van der Waals surface area contributed by atoms with Crippen LogP contribution in [0.3, 0.4) is 0 Å². The van der Waals surface area contributed by atoms with Crippen molar-refractivity contribution in [3.8, 4) is 0 Å². The number of unbranched alkanes of at least 4 members (excludes halogenated alkanes) is 2. The Morgan fingerprint density at radius 3 is 2.31 bits per heavy atom. The molecule has 1 unspecified atom stereocenters. The van der Waals surface area contributed by atoms with Crippen molar-refractivity contribution in [2.45, 2.75) is 66.7 Å². The van der Waals surface area contributed by atoms with E-state index in [1.165, 1.54) is 25.7 Å². The number of allylic oxidation sites excluding steroid dienone is 2. The van der Waals surface area contributed by atoms with Gasteiger partial charge in [0.25, 0.3) is 0 Å². The van der Waals surface area contributed by atoms with Crippen molar-refractivity contribution in [1.29, 1.82) is 0 Å². The molecule has 0 saturated carbocycles. The molecule has 0 aromatic rings. The molecule has 0 N–H and O–H groups in total. The Balaban J connectivity index is 4.35. The number of carbonyl (C=O) groups is 1. The lowest BCUT2D eigenvalue weighted by Gasteiger charge is -2.32. The number of hydrogen-bond donors (Lipinski definition) is 0. The number of rotatable bonds is 8. The van der Waals surface area contributed by atoms with Gasteiger partial charge >= 0.3 is 0 Å². The summed E-state index contributed by atoms with van der Waals surface area (Å²) in [7, 11) is 0. The Kier molecular flexibility index (Phi) is 7.36. The van der Waals surface area contributed by atoms with Crippen LogP contribution in [0.25, 0.3) is 0 Å². The highest BCUT2D eigenvalue weighted by Crippen LogP contribution is 2.35. The van der Waals surface area contributed by atoms with Crippen molar-refractivity contribution in [2.75, 3.05) is 0 Å². The van der Waals surface area contributed by atoms with Crippen LogP contribution in [-0.4, -0.2) is 5.78 Å². The van der Waals surface area contributed by atoms with Gasteiger partial charge in [-0.3, -0.25) is 4.79 Å². The second kappa shape index (κ2) is 7.65. The van der Waals surface area contributed by atoms with E-state index in [0.29, 0.717) is 11.3 Å². The first-order valence-electron chi connectivity index (χ1n) is 6.62. The highest BCUT2D eigenvalue weighted by molar-refractivity contribution is 5.87. The second-order valence-corrected chi connectivity index (χ2v) is 5.43. The van der Waals surface area contributed by atoms with Crippen molar-refractivity contribution < 1.29 is 4.79 Å². The smallest absolute Gasteiger partial charge is 0.152 e. The van der Waals surface area contributed by atoms with E-state index >= 15 is 0 Å². The normalized spacial score (nSPS) is 14.3. The van der Waals surface area contributed by atoms with Crippen molar-refractivity contribution in [3.05, 3.63) is 12.2 Å².